The Morgan fingerprint density at radius 2 is 1.88 bits per heavy atom. The van der Waals surface area contributed by atoms with E-state index in [-0.39, 0.29) is 12.6 Å². The van der Waals surface area contributed by atoms with Crippen molar-refractivity contribution in [1.82, 2.24) is 0 Å². The summed E-state index contributed by atoms with van der Waals surface area (Å²) in [5, 5.41) is 8.88. The number of hydrogen-bond donors (Lipinski definition) is 1. The van der Waals surface area contributed by atoms with E-state index >= 15 is 0 Å². The van der Waals surface area contributed by atoms with Crippen molar-refractivity contribution in [2.24, 2.45) is 0 Å². The van der Waals surface area contributed by atoms with E-state index in [1.165, 1.54) is 6.08 Å². The van der Waals surface area contributed by atoms with Crippen LogP contribution in [-0.4, -0.2) is 16.7 Å². The fourth-order valence-electron chi connectivity index (χ4n) is 1.23. The van der Waals surface area contributed by atoms with Crippen molar-refractivity contribution in [3.63, 3.8) is 0 Å². The largest absolute Gasteiger partial charge is 0.457 e. The van der Waals surface area contributed by atoms with E-state index in [0.29, 0.717) is 0 Å². The smallest absolute Gasteiger partial charge is 0.331 e. The Balaban J connectivity index is 2.61. The summed E-state index contributed by atoms with van der Waals surface area (Å²) < 4.78 is 5.14. The van der Waals surface area contributed by atoms with Crippen molar-refractivity contribution in [2.75, 3.05) is 0 Å². The minimum absolute atomic E-state index is 0.0239. The third-order valence-corrected chi connectivity index (χ3v) is 1.98. The Labute approximate surface area is 102 Å². The number of carbonyl (C=O) groups excluding carboxylic acids is 1. The summed E-state index contributed by atoms with van der Waals surface area (Å²) in [6.07, 6.45) is 3.09. The lowest BCUT2D eigenvalue weighted by Gasteiger charge is -2.17. The Hall–Kier alpha value is -1.61. The Kier molecular flexibility index (Phi) is 4.46. The van der Waals surface area contributed by atoms with Gasteiger partial charge in [0.1, 0.15) is 5.60 Å². The average molecular weight is 234 g/mol. The van der Waals surface area contributed by atoms with Gasteiger partial charge in [0.05, 0.1) is 6.61 Å². The third kappa shape index (κ3) is 5.31. The molecule has 1 N–H and O–H groups in total. The van der Waals surface area contributed by atoms with E-state index in [0.717, 1.165) is 11.1 Å². The van der Waals surface area contributed by atoms with Gasteiger partial charge < -0.3 is 9.84 Å². The van der Waals surface area contributed by atoms with Gasteiger partial charge in [0.2, 0.25) is 0 Å². The van der Waals surface area contributed by atoms with Gasteiger partial charge in [-0.3, -0.25) is 0 Å². The highest BCUT2D eigenvalue weighted by Crippen LogP contribution is 2.09. The van der Waals surface area contributed by atoms with Crippen molar-refractivity contribution >= 4 is 12.0 Å². The van der Waals surface area contributed by atoms with Crippen LogP contribution in [-0.2, 0) is 16.1 Å². The minimum Gasteiger partial charge on any atom is -0.457 e. The zero-order valence-corrected chi connectivity index (χ0v) is 10.4. The molecule has 3 heteroatoms. The predicted molar refractivity (Wildman–Crippen MR) is 67.2 cm³/mol. The highest BCUT2D eigenvalue weighted by Gasteiger charge is 2.13. The van der Waals surface area contributed by atoms with Gasteiger partial charge in [-0.25, -0.2) is 4.79 Å². The standard InChI is InChI=1S/C14H18O3/c1-14(2,3)17-13(16)9-8-11-4-6-12(10-15)7-5-11/h4-9,15H,10H2,1-3H3. The lowest BCUT2D eigenvalue weighted by atomic mass is 10.1. The molecule has 17 heavy (non-hydrogen) atoms. The molecule has 92 valence electrons. The number of esters is 1. The quantitative estimate of drug-likeness (QED) is 0.645. The molecular weight excluding hydrogens is 216 g/mol. The van der Waals surface area contributed by atoms with E-state index in [1.54, 1.807) is 6.08 Å². The zero-order chi connectivity index (χ0) is 12.9. The van der Waals surface area contributed by atoms with E-state index < -0.39 is 5.60 Å². The van der Waals surface area contributed by atoms with Gasteiger partial charge >= 0.3 is 5.97 Å². The molecule has 0 fully saturated rings. The minimum atomic E-state index is -0.470. The van der Waals surface area contributed by atoms with E-state index in [4.69, 9.17) is 9.84 Å². The molecule has 0 saturated carbocycles. The summed E-state index contributed by atoms with van der Waals surface area (Å²) in [5.74, 6) is -0.358. The lowest BCUT2D eigenvalue weighted by Crippen LogP contribution is -2.22. The van der Waals surface area contributed by atoms with Crippen LogP contribution in [0.3, 0.4) is 0 Å². The van der Waals surface area contributed by atoms with Crippen LogP contribution in [0.25, 0.3) is 6.08 Å². The number of carbonyl (C=O) groups is 1. The number of aliphatic hydroxyl groups is 1. The molecule has 0 saturated heterocycles. The Morgan fingerprint density at radius 3 is 2.35 bits per heavy atom. The van der Waals surface area contributed by atoms with Gasteiger partial charge in [0, 0.05) is 6.08 Å². The molecule has 0 aliphatic carbocycles. The second-order valence-corrected chi connectivity index (χ2v) is 4.77. The van der Waals surface area contributed by atoms with Crippen molar-refractivity contribution in [3.05, 3.63) is 41.5 Å². The molecule has 1 aromatic rings. The number of rotatable bonds is 3. The first-order chi connectivity index (χ1) is 7.90. The number of aliphatic hydroxyl groups excluding tert-OH is 1. The first-order valence-electron chi connectivity index (χ1n) is 5.51. The van der Waals surface area contributed by atoms with E-state index in [2.05, 4.69) is 0 Å². The topological polar surface area (TPSA) is 46.5 Å². The Morgan fingerprint density at radius 1 is 1.29 bits per heavy atom. The summed E-state index contributed by atoms with van der Waals surface area (Å²) in [7, 11) is 0. The molecule has 0 heterocycles. The van der Waals surface area contributed by atoms with Crippen molar-refractivity contribution in [1.29, 1.82) is 0 Å². The molecule has 1 rings (SSSR count). The summed E-state index contributed by atoms with van der Waals surface area (Å²) in [6.45, 7) is 5.51. The van der Waals surface area contributed by atoms with Crippen LogP contribution in [0, 0.1) is 0 Å². The van der Waals surface area contributed by atoms with Crippen LogP contribution < -0.4 is 0 Å². The summed E-state index contributed by atoms with van der Waals surface area (Å²) >= 11 is 0. The molecule has 0 unspecified atom stereocenters. The molecule has 1 aromatic carbocycles. The molecule has 0 aliphatic rings. The first-order valence-corrected chi connectivity index (χ1v) is 5.51. The summed E-state index contributed by atoms with van der Waals surface area (Å²) in [6, 6.07) is 7.31. The lowest BCUT2D eigenvalue weighted by molar-refractivity contribution is -0.148. The maximum Gasteiger partial charge on any atom is 0.331 e. The molecule has 0 amide bonds. The molecule has 3 nitrogen and oxygen atoms in total. The number of ether oxygens (including phenoxy) is 1. The first kappa shape index (κ1) is 13.5. The van der Waals surface area contributed by atoms with Crippen LogP contribution in [0.1, 0.15) is 31.9 Å². The zero-order valence-electron chi connectivity index (χ0n) is 10.4. The van der Waals surface area contributed by atoms with Crippen LogP contribution in [0.5, 0.6) is 0 Å². The van der Waals surface area contributed by atoms with Crippen molar-refractivity contribution < 1.29 is 14.6 Å². The van der Waals surface area contributed by atoms with Crippen LogP contribution in [0.15, 0.2) is 30.3 Å². The van der Waals surface area contributed by atoms with E-state index in [9.17, 15) is 4.79 Å². The second kappa shape index (κ2) is 5.64. The predicted octanol–water partition coefficient (Wildman–Crippen LogP) is 2.53. The van der Waals surface area contributed by atoms with Crippen LogP contribution in [0.4, 0.5) is 0 Å². The maximum atomic E-state index is 11.4. The summed E-state index contributed by atoms with van der Waals surface area (Å²) in [5.41, 5.74) is 1.27. The highest BCUT2D eigenvalue weighted by molar-refractivity contribution is 5.87. The molecule has 0 atom stereocenters. The fourth-order valence-corrected chi connectivity index (χ4v) is 1.23. The molecule has 0 spiro atoms. The van der Waals surface area contributed by atoms with Gasteiger partial charge in [0.15, 0.2) is 0 Å². The summed E-state index contributed by atoms with van der Waals surface area (Å²) in [4.78, 5) is 11.4. The average Bonchev–Trinajstić information content (AvgIpc) is 2.25. The van der Waals surface area contributed by atoms with Crippen molar-refractivity contribution in [2.45, 2.75) is 33.0 Å². The van der Waals surface area contributed by atoms with Gasteiger partial charge in [-0.15, -0.1) is 0 Å². The third-order valence-electron chi connectivity index (χ3n) is 1.98. The second-order valence-electron chi connectivity index (χ2n) is 4.77. The van der Waals surface area contributed by atoms with Crippen LogP contribution in [0.2, 0.25) is 0 Å². The normalized spacial score (nSPS) is 11.8. The molecule has 0 aliphatic heterocycles. The molecule has 0 radical (unpaired) electrons. The van der Waals surface area contributed by atoms with Crippen molar-refractivity contribution in [3.8, 4) is 0 Å². The van der Waals surface area contributed by atoms with Crippen LogP contribution >= 0.6 is 0 Å². The van der Waals surface area contributed by atoms with Gasteiger partial charge in [-0.2, -0.15) is 0 Å². The Bertz CT molecular complexity index is 396. The highest BCUT2D eigenvalue weighted by atomic mass is 16.6. The van der Waals surface area contributed by atoms with Gasteiger partial charge in [-0.1, -0.05) is 24.3 Å². The molecule has 0 bridgehead atoms. The SMILES string of the molecule is CC(C)(C)OC(=O)C=Cc1ccc(CO)cc1. The number of hydrogen-bond acceptors (Lipinski definition) is 3. The molecule has 0 aromatic heterocycles. The maximum absolute atomic E-state index is 11.4. The fraction of sp³-hybridized carbons (Fsp3) is 0.357. The van der Waals surface area contributed by atoms with Gasteiger partial charge in [-0.05, 0) is 38.0 Å². The number of benzene rings is 1. The monoisotopic (exact) mass is 234 g/mol. The van der Waals surface area contributed by atoms with E-state index in [1.807, 2.05) is 45.0 Å². The van der Waals surface area contributed by atoms with Gasteiger partial charge in [0.25, 0.3) is 0 Å². The molecular formula is C14H18O3.